The predicted octanol–water partition coefficient (Wildman–Crippen LogP) is 1.91. The summed E-state index contributed by atoms with van der Waals surface area (Å²) in [5, 5.41) is 5.32. The van der Waals surface area contributed by atoms with Crippen molar-refractivity contribution in [1.82, 2.24) is 10.2 Å². The van der Waals surface area contributed by atoms with Gasteiger partial charge in [-0.05, 0) is 30.9 Å². The van der Waals surface area contributed by atoms with Gasteiger partial charge in [-0.3, -0.25) is 4.79 Å². The Morgan fingerprint density at radius 1 is 1.62 bits per heavy atom. The van der Waals surface area contributed by atoms with E-state index in [2.05, 4.69) is 12.2 Å². The molecule has 2 heterocycles. The number of amides is 1. The smallest absolute Gasteiger partial charge is 0.264 e. The van der Waals surface area contributed by atoms with Gasteiger partial charge in [-0.2, -0.15) is 0 Å². The lowest BCUT2D eigenvalue weighted by molar-refractivity contribution is 0.0713. The minimum atomic E-state index is 0. The summed E-state index contributed by atoms with van der Waals surface area (Å²) in [4.78, 5) is 15.0. The van der Waals surface area contributed by atoms with Crippen molar-refractivity contribution in [3.05, 3.63) is 21.9 Å². The molecular formula is C11H17ClN2OS. The largest absolute Gasteiger partial charge is 0.335 e. The number of piperazine rings is 1. The van der Waals surface area contributed by atoms with Crippen LogP contribution in [0.3, 0.4) is 0 Å². The fourth-order valence-electron chi connectivity index (χ4n) is 1.85. The number of carbonyl (C=O) groups excluding carboxylic acids is 1. The van der Waals surface area contributed by atoms with Crippen LogP contribution in [0.2, 0.25) is 0 Å². The van der Waals surface area contributed by atoms with Crippen molar-refractivity contribution in [2.45, 2.75) is 19.9 Å². The van der Waals surface area contributed by atoms with Gasteiger partial charge in [0.25, 0.3) is 5.91 Å². The second kappa shape index (κ2) is 5.66. The van der Waals surface area contributed by atoms with Crippen molar-refractivity contribution < 1.29 is 4.79 Å². The molecule has 90 valence electrons. The van der Waals surface area contributed by atoms with Crippen molar-refractivity contribution in [2.24, 2.45) is 0 Å². The van der Waals surface area contributed by atoms with Crippen molar-refractivity contribution >= 4 is 29.7 Å². The average Bonchev–Trinajstić information content (AvgIpc) is 2.63. The number of nitrogens with one attached hydrogen (secondary N) is 1. The van der Waals surface area contributed by atoms with Gasteiger partial charge in [-0.15, -0.1) is 23.7 Å². The summed E-state index contributed by atoms with van der Waals surface area (Å²) in [6.07, 6.45) is 0. The molecule has 0 radical (unpaired) electrons. The van der Waals surface area contributed by atoms with Crippen LogP contribution in [0.1, 0.15) is 22.2 Å². The third kappa shape index (κ3) is 2.75. The van der Waals surface area contributed by atoms with Crippen LogP contribution in [0.15, 0.2) is 11.4 Å². The monoisotopic (exact) mass is 260 g/mol. The highest BCUT2D eigenvalue weighted by atomic mass is 35.5. The Labute approximate surface area is 106 Å². The zero-order valence-electron chi connectivity index (χ0n) is 9.53. The first-order chi connectivity index (χ1) is 7.18. The highest BCUT2D eigenvalue weighted by molar-refractivity contribution is 7.12. The number of nitrogens with zero attached hydrogens (tertiary/aromatic N) is 1. The van der Waals surface area contributed by atoms with E-state index in [4.69, 9.17) is 0 Å². The zero-order chi connectivity index (χ0) is 10.8. The summed E-state index contributed by atoms with van der Waals surface area (Å²) in [6, 6.07) is 2.41. The van der Waals surface area contributed by atoms with Crippen LogP contribution >= 0.6 is 23.7 Å². The number of hydrogen-bond acceptors (Lipinski definition) is 3. The van der Waals surface area contributed by atoms with E-state index in [0.29, 0.717) is 6.04 Å². The standard InChI is InChI=1S/C11H16N2OS.ClH/c1-8-3-6-15-10(8)11(14)13-5-4-12-9(2)7-13;/h3,6,9,12H,4-5,7H2,1-2H3;1H/t9-;/m0./s1. The fourth-order valence-corrected chi connectivity index (χ4v) is 2.74. The summed E-state index contributed by atoms with van der Waals surface area (Å²) in [5.41, 5.74) is 1.09. The molecule has 1 amide bonds. The van der Waals surface area contributed by atoms with Crippen molar-refractivity contribution in [1.29, 1.82) is 0 Å². The lowest BCUT2D eigenvalue weighted by Crippen LogP contribution is -2.51. The molecule has 0 aromatic carbocycles. The van der Waals surface area contributed by atoms with Crippen LogP contribution in [0.25, 0.3) is 0 Å². The van der Waals surface area contributed by atoms with Crippen LogP contribution in [0, 0.1) is 6.92 Å². The maximum absolute atomic E-state index is 12.1. The molecule has 1 atom stereocenters. The van der Waals surface area contributed by atoms with E-state index in [1.165, 1.54) is 0 Å². The predicted molar refractivity (Wildman–Crippen MR) is 69.7 cm³/mol. The Balaban J connectivity index is 0.00000128. The molecule has 1 aliphatic heterocycles. The third-order valence-corrected chi connectivity index (χ3v) is 3.72. The van der Waals surface area contributed by atoms with E-state index in [9.17, 15) is 4.79 Å². The summed E-state index contributed by atoms with van der Waals surface area (Å²) in [6.45, 7) is 6.64. The van der Waals surface area contributed by atoms with Gasteiger partial charge in [-0.25, -0.2) is 0 Å². The van der Waals surface area contributed by atoms with Crippen molar-refractivity contribution in [2.75, 3.05) is 19.6 Å². The third-order valence-electron chi connectivity index (χ3n) is 2.71. The van der Waals surface area contributed by atoms with Crippen molar-refractivity contribution in [3.63, 3.8) is 0 Å². The van der Waals surface area contributed by atoms with Gasteiger partial charge in [0.1, 0.15) is 0 Å². The van der Waals surface area contributed by atoms with E-state index in [-0.39, 0.29) is 18.3 Å². The summed E-state index contributed by atoms with van der Waals surface area (Å²) >= 11 is 1.54. The van der Waals surface area contributed by atoms with Gasteiger partial charge in [0.15, 0.2) is 0 Å². The van der Waals surface area contributed by atoms with Gasteiger partial charge >= 0.3 is 0 Å². The van der Waals surface area contributed by atoms with Crippen LogP contribution in [0.5, 0.6) is 0 Å². The topological polar surface area (TPSA) is 32.3 Å². The molecule has 5 heteroatoms. The van der Waals surface area contributed by atoms with E-state index < -0.39 is 0 Å². The van der Waals surface area contributed by atoms with Gasteiger partial charge in [0.2, 0.25) is 0 Å². The van der Waals surface area contributed by atoms with Crippen LogP contribution in [-0.4, -0.2) is 36.5 Å². The lowest BCUT2D eigenvalue weighted by Gasteiger charge is -2.31. The number of carbonyl (C=O) groups is 1. The zero-order valence-corrected chi connectivity index (χ0v) is 11.2. The Kier molecular flexibility index (Phi) is 4.77. The molecule has 0 unspecified atom stereocenters. The average molecular weight is 261 g/mol. The lowest BCUT2D eigenvalue weighted by atomic mass is 10.2. The second-order valence-electron chi connectivity index (χ2n) is 4.04. The Morgan fingerprint density at radius 3 is 2.94 bits per heavy atom. The molecule has 1 N–H and O–H groups in total. The van der Waals surface area contributed by atoms with E-state index >= 15 is 0 Å². The van der Waals surface area contributed by atoms with Crippen LogP contribution in [0.4, 0.5) is 0 Å². The molecular weight excluding hydrogens is 244 g/mol. The number of rotatable bonds is 1. The summed E-state index contributed by atoms with van der Waals surface area (Å²) in [5.74, 6) is 0.191. The molecule has 1 fully saturated rings. The molecule has 1 aromatic rings. The van der Waals surface area contributed by atoms with E-state index in [0.717, 1.165) is 30.1 Å². The number of hydrogen-bond donors (Lipinski definition) is 1. The molecule has 2 rings (SSSR count). The maximum Gasteiger partial charge on any atom is 0.264 e. The van der Waals surface area contributed by atoms with Crippen LogP contribution < -0.4 is 5.32 Å². The molecule has 3 nitrogen and oxygen atoms in total. The SMILES string of the molecule is Cc1ccsc1C(=O)N1CCN[C@@H](C)C1.Cl. The number of aryl methyl sites for hydroxylation is 1. The van der Waals surface area contributed by atoms with Gasteiger partial charge in [0.05, 0.1) is 4.88 Å². The Hall–Kier alpha value is -0.580. The number of thiophene rings is 1. The van der Waals surface area contributed by atoms with Gasteiger partial charge < -0.3 is 10.2 Å². The minimum Gasteiger partial charge on any atom is -0.335 e. The van der Waals surface area contributed by atoms with E-state index in [1.807, 2.05) is 23.3 Å². The second-order valence-corrected chi connectivity index (χ2v) is 4.96. The maximum atomic E-state index is 12.1. The first kappa shape index (κ1) is 13.5. The van der Waals surface area contributed by atoms with Gasteiger partial charge in [0, 0.05) is 25.7 Å². The quantitative estimate of drug-likeness (QED) is 0.837. The van der Waals surface area contributed by atoms with Crippen LogP contribution in [-0.2, 0) is 0 Å². The fraction of sp³-hybridized carbons (Fsp3) is 0.545. The first-order valence-electron chi connectivity index (χ1n) is 5.25. The summed E-state index contributed by atoms with van der Waals surface area (Å²) < 4.78 is 0. The van der Waals surface area contributed by atoms with Gasteiger partial charge in [-0.1, -0.05) is 0 Å². The highest BCUT2D eigenvalue weighted by Crippen LogP contribution is 2.18. The highest BCUT2D eigenvalue weighted by Gasteiger charge is 2.23. The van der Waals surface area contributed by atoms with Crippen molar-refractivity contribution in [3.8, 4) is 0 Å². The Bertz CT molecular complexity index is 367. The number of halogens is 1. The molecule has 0 bridgehead atoms. The molecule has 16 heavy (non-hydrogen) atoms. The Morgan fingerprint density at radius 2 is 2.38 bits per heavy atom. The first-order valence-corrected chi connectivity index (χ1v) is 6.13. The molecule has 0 saturated carbocycles. The van der Waals surface area contributed by atoms with E-state index in [1.54, 1.807) is 11.3 Å². The minimum absolute atomic E-state index is 0. The molecule has 0 aliphatic carbocycles. The molecule has 1 aromatic heterocycles. The normalized spacial score (nSPS) is 20.4. The molecule has 1 saturated heterocycles. The summed E-state index contributed by atoms with van der Waals surface area (Å²) in [7, 11) is 0. The molecule has 0 spiro atoms. The molecule has 1 aliphatic rings.